The van der Waals surface area contributed by atoms with Gasteiger partial charge in [-0.3, -0.25) is 4.90 Å². The highest BCUT2D eigenvalue weighted by atomic mass is 35.5. The number of halogens is 2. The van der Waals surface area contributed by atoms with E-state index in [0.717, 1.165) is 70.5 Å². The van der Waals surface area contributed by atoms with Crippen LogP contribution >= 0.6 is 23.2 Å². The summed E-state index contributed by atoms with van der Waals surface area (Å²) >= 11 is 12.4. The van der Waals surface area contributed by atoms with Crippen molar-refractivity contribution in [3.63, 3.8) is 0 Å². The first kappa shape index (κ1) is 23.3. The van der Waals surface area contributed by atoms with Crippen LogP contribution < -0.4 is 0 Å². The fraction of sp³-hybridized carbons (Fsp3) is 0.667. The molecule has 0 atom stereocenters. The molecule has 158 valence electrons. The van der Waals surface area contributed by atoms with Crippen LogP contribution in [0.25, 0.3) is 0 Å². The number of ether oxygens (including phenoxy) is 2. The lowest BCUT2D eigenvalue weighted by Gasteiger charge is -2.38. The summed E-state index contributed by atoms with van der Waals surface area (Å²) in [5, 5.41) is 1.34. The minimum atomic E-state index is -0.182. The Morgan fingerprint density at radius 2 is 1.96 bits per heavy atom. The van der Waals surface area contributed by atoms with Gasteiger partial charge in [-0.15, -0.1) is 0 Å². The van der Waals surface area contributed by atoms with Crippen molar-refractivity contribution in [2.45, 2.75) is 51.6 Å². The van der Waals surface area contributed by atoms with Crippen molar-refractivity contribution in [1.82, 2.24) is 9.80 Å². The van der Waals surface area contributed by atoms with E-state index >= 15 is 0 Å². The molecule has 2 rings (SSSR count). The molecule has 1 amide bonds. The highest BCUT2D eigenvalue weighted by Crippen LogP contribution is 2.25. The molecule has 1 aromatic rings. The van der Waals surface area contributed by atoms with Gasteiger partial charge in [0, 0.05) is 56.0 Å². The molecule has 1 saturated heterocycles. The summed E-state index contributed by atoms with van der Waals surface area (Å²) in [6.07, 6.45) is 4.58. The van der Waals surface area contributed by atoms with E-state index in [1.165, 1.54) is 0 Å². The molecule has 0 bridgehead atoms. The second kappa shape index (κ2) is 12.5. The molecule has 7 heteroatoms. The van der Waals surface area contributed by atoms with E-state index in [-0.39, 0.29) is 6.09 Å². The quantitative estimate of drug-likeness (QED) is 0.476. The number of carbonyl (C=O) groups excluding carboxylic acids is 1. The van der Waals surface area contributed by atoms with E-state index in [0.29, 0.717) is 22.7 Å². The van der Waals surface area contributed by atoms with Gasteiger partial charge in [-0.1, -0.05) is 42.6 Å². The highest BCUT2D eigenvalue weighted by Gasteiger charge is 2.27. The number of hydrogen-bond donors (Lipinski definition) is 0. The van der Waals surface area contributed by atoms with Gasteiger partial charge in [-0.25, -0.2) is 4.79 Å². The van der Waals surface area contributed by atoms with Crippen molar-refractivity contribution in [2.24, 2.45) is 0 Å². The second-order valence-electron chi connectivity index (χ2n) is 7.24. The molecule has 1 heterocycles. The zero-order valence-electron chi connectivity index (χ0n) is 17.0. The van der Waals surface area contributed by atoms with Crippen LogP contribution in [0, 0.1) is 0 Å². The molecule has 1 aliphatic rings. The van der Waals surface area contributed by atoms with E-state index in [4.69, 9.17) is 32.7 Å². The Morgan fingerprint density at radius 1 is 1.21 bits per heavy atom. The number of unbranched alkanes of at least 4 members (excludes halogenated alkanes) is 1. The van der Waals surface area contributed by atoms with Crippen LogP contribution in [0.5, 0.6) is 0 Å². The Balaban J connectivity index is 1.93. The third kappa shape index (κ3) is 7.43. The van der Waals surface area contributed by atoms with Gasteiger partial charge < -0.3 is 14.4 Å². The van der Waals surface area contributed by atoms with Crippen LogP contribution in [-0.2, 0) is 16.0 Å². The van der Waals surface area contributed by atoms with Gasteiger partial charge in [0.05, 0.1) is 6.61 Å². The number of nitrogens with zero attached hydrogens (tertiary/aromatic N) is 2. The predicted octanol–water partition coefficient (Wildman–Crippen LogP) is 5.23. The van der Waals surface area contributed by atoms with E-state index < -0.39 is 0 Å². The lowest BCUT2D eigenvalue weighted by atomic mass is 10.0. The number of benzene rings is 1. The molecule has 1 aromatic carbocycles. The molecule has 0 radical (unpaired) electrons. The normalized spacial score (nSPS) is 15.2. The number of hydrogen-bond acceptors (Lipinski definition) is 4. The number of piperidine rings is 1. The topological polar surface area (TPSA) is 42.0 Å². The summed E-state index contributed by atoms with van der Waals surface area (Å²) in [6, 6.07) is 6.07. The number of likely N-dealkylation sites (tertiary alicyclic amines) is 1. The van der Waals surface area contributed by atoms with Crippen molar-refractivity contribution >= 4 is 29.3 Å². The summed E-state index contributed by atoms with van der Waals surface area (Å²) in [6.45, 7) is 6.48. The van der Waals surface area contributed by atoms with Crippen molar-refractivity contribution < 1.29 is 14.3 Å². The van der Waals surface area contributed by atoms with Crippen molar-refractivity contribution in [3.8, 4) is 0 Å². The van der Waals surface area contributed by atoms with Crippen LogP contribution in [0.3, 0.4) is 0 Å². The first-order valence-electron chi connectivity index (χ1n) is 10.1. The van der Waals surface area contributed by atoms with Crippen LogP contribution in [0.2, 0.25) is 10.0 Å². The lowest BCUT2D eigenvalue weighted by Crippen LogP contribution is -2.47. The second-order valence-corrected chi connectivity index (χ2v) is 8.08. The van der Waals surface area contributed by atoms with E-state index in [9.17, 15) is 4.79 Å². The monoisotopic (exact) mass is 430 g/mol. The minimum Gasteiger partial charge on any atom is -0.449 e. The number of amides is 1. The maximum absolute atomic E-state index is 12.2. The van der Waals surface area contributed by atoms with Crippen LogP contribution in [0.4, 0.5) is 4.79 Å². The Labute approximate surface area is 178 Å². The van der Waals surface area contributed by atoms with E-state index in [2.05, 4.69) is 11.8 Å². The fourth-order valence-electron chi connectivity index (χ4n) is 3.48. The zero-order valence-corrected chi connectivity index (χ0v) is 18.5. The number of carbonyl (C=O) groups is 1. The van der Waals surface area contributed by atoms with Gasteiger partial charge in [-0.05, 0) is 43.4 Å². The third-order valence-corrected chi connectivity index (χ3v) is 5.73. The van der Waals surface area contributed by atoms with Gasteiger partial charge in [0.1, 0.15) is 0 Å². The Kier molecular flexibility index (Phi) is 10.4. The fourth-order valence-corrected chi connectivity index (χ4v) is 3.95. The first-order valence-corrected chi connectivity index (χ1v) is 10.9. The molecule has 0 N–H and O–H groups in total. The summed E-state index contributed by atoms with van der Waals surface area (Å²) < 4.78 is 10.6. The SMILES string of the molecule is CCCCOC(=O)N1CCC(N(CCCOC)Cc2ccc(Cl)cc2Cl)CC1. The molecule has 0 aromatic heterocycles. The Bertz CT molecular complexity index is 607. The molecule has 0 unspecified atom stereocenters. The maximum atomic E-state index is 12.2. The number of methoxy groups -OCH3 is 1. The molecule has 0 saturated carbocycles. The smallest absolute Gasteiger partial charge is 0.409 e. The van der Waals surface area contributed by atoms with E-state index in [1.54, 1.807) is 13.2 Å². The Hall–Kier alpha value is -1.01. The molecule has 0 aliphatic carbocycles. The molecule has 0 spiro atoms. The zero-order chi connectivity index (χ0) is 20.4. The van der Waals surface area contributed by atoms with Crippen LogP contribution in [0.1, 0.15) is 44.6 Å². The molecular formula is C21H32Cl2N2O3. The van der Waals surface area contributed by atoms with Gasteiger partial charge in [-0.2, -0.15) is 0 Å². The molecule has 28 heavy (non-hydrogen) atoms. The first-order chi connectivity index (χ1) is 13.5. The molecule has 1 fully saturated rings. The van der Waals surface area contributed by atoms with E-state index in [1.807, 2.05) is 17.0 Å². The minimum absolute atomic E-state index is 0.182. The van der Waals surface area contributed by atoms with Gasteiger partial charge in [0.2, 0.25) is 0 Å². The van der Waals surface area contributed by atoms with Crippen molar-refractivity contribution in [3.05, 3.63) is 33.8 Å². The van der Waals surface area contributed by atoms with Crippen LogP contribution in [0.15, 0.2) is 18.2 Å². The summed E-state index contributed by atoms with van der Waals surface area (Å²) in [4.78, 5) is 16.5. The Morgan fingerprint density at radius 3 is 2.61 bits per heavy atom. The summed E-state index contributed by atoms with van der Waals surface area (Å²) in [5.41, 5.74) is 1.07. The van der Waals surface area contributed by atoms with Crippen molar-refractivity contribution in [2.75, 3.05) is 40.0 Å². The average molecular weight is 431 g/mol. The molecule has 1 aliphatic heterocycles. The van der Waals surface area contributed by atoms with Crippen molar-refractivity contribution in [1.29, 1.82) is 0 Å². The van der Waals surface area contributed by atoms with Crippen LogP contribution in [-0.4, -0.2) is 61.9 Å². The average Bonchev–Trinajstić information content (AvgIpc) is 2.69. The largest absolute Gasteiger partial charge is 0.449 e. The van der Waals surface area contributed by atoms with Gasteiger partial charge in [0.25, 0.3) is 0 Å². The lowest BCUT2D eigenvalue weighted by molar-refractivity contribution is 0.0656. The van der Waals surface area contributed by atoms with Gasteiger partial charge in [0.15, 0.2) is 0 Å². The third-order valence-electron chi connectivity index (χ3n) is 5.14. The summed E-state index contributed by atoms with van der Waals surface area (Å²) in [7, 11) is 1.73. The molecule has 5 nitrogen and oxygen atoms in total. The molecular weight excluding hydrogens is 399 g/mol. The number of rotatable bonds is 10. The predicted molar refractivity (Wildman–Crippen MR) is 114 cm³/mol. The highest BCUT2D eigenvalue weighted by molar-refractivity contribution is 6.35. The van der Waals surface area contributed by atoms with Gasteiger partial charge >= 0.3 is 6.09 Å². The summed E-state index contributed by atoms with van der Waals surface area (Å²) in [5.74, 6) is 0. The standard InChI is InChI=1S/C21H32Cl2N2O3/c1-3-4-14-28-21(26)24-11-8-19(9-12-24)25(10-5-13-27-2)16-17-6-7-18(22)15-20(17)23/h6-7,15,19H,3-5,8-14,16H2,1-2H3. The maximum Gasteiger partial charge on any atom is 0.409 e.